The van der Waals surface area contributed by atoms with Crippen LogP contribution >= 0.6 is 0 Å². The Labute approximate surface area is 182 Å². The summed E-state index contributed by atoms with van der Waals surface area (Å²) >= 11 is 0. The number of esters is 1. The highest BCUT2D eigenvalue weighted by atomic mass is 16.5. The second kappa shape index (κ2) is 19.2. The Hall–Kier alpha value is -0.830. The van der Waals surface area contributed by atoms with E-state index in [-0.39, 0.29) is 18.0 Å². The predicted molar refractivity (Wildman–Crippen MR) is 127 cm³/mol. The highest BCUT2D eigenvalue weighted by Gasteiger charge is 2.27. The molecule has 0 rings (SSSR count). The molecule has 0 aromatic heterocycles. The summed E-state index contributed by atoms with van der Waals surface area (Å²) in [5, 5.41) is 0. The summed E-state index contributed by atoms with van der Waals surface area (Å²) in [6, 6.07) is 0. The van der Waals surface area contributed by atoms with Crippen LogP contribution in [0.1, 0.15) is 130 Å². The molecule has 2 N–H and O–H groups in total. The average Bonchev–Trinajstić information content (AvgIpc) is 2.71. The Balaban J connectivity index is 3.46. The maximum atomic E-state index is 11.9. The molecule has 0 saturated carbocycles. The molecule has 0 radical (unpaired) electrons. The van der Waals surface area contributed by atoms with E-state index in [9.17, 15) is 4.79 Å². The smallest absolute Gasteiger partial charge is 0.333 e. The van der Waals surface area contributed by atoms with E-state index in [4.69, 9.17) is 10.5 Å². The van der Waals surface area contributed by atoms with Crippen molar-refractivity contribution < 1.29 is 9.53 Å². The van der Waals surface area contributed by atoms with Crippen molar-refractivity contribution in [1.82, 2.24) is 0 Å². The number of rotatable bonds is 21. The van der Waals surface area contributed by atoms with Crippen molar-refractivity contribution in [2.75, 3.05) is 13.2 Å². The molecule has 29 heavy (non-hydrogen) atoms. The third-order valence-electron chi connectivity index (χ3n) is 6.07. The van der Waals surface area contributed by atoms with Crippen LogP contribution in [0.15, 0.2) is 12.2 Å². The lowest BCUT2D eigenvalue weighted by molar-refractivity contribution is -0.139. The van der Waals surface area contributed by atoms with E-state index < -0.39 is 0 Å². The van der Waals surface area contributed by atoms with Crippen molar-refractivity contribution >= 4 is 5.97 Å². The topological polar surface area (TPSA) is 52.3 Å². The monoisotopic (exact) mass is 409 g/mol. The maximum Gasteiger partial charge on any atom is 0.333 e. The first-order valence-electron chi connectivity index (χ1n) is 12.5. The van der Waals surface area contributed by atoms with Gasteiger partial charge in [-0.2, -0.15) is 0 Å². The molecule has 3 nitrogen and oxygen atoms in total. The van der Waals surface area contributed by atoms with Crippen LogP contribution in [0.3, 0.4) is 0 Å². The van der Waals surface area contributed by atoms with Gasteiger partial charge in [0.2, 0.25) is 0 Å². The van der Waals surface area contributed by atoms with Gasteiger partial charge in [0.15, 0.2) is 0 Å². The van der Waals surface area contributed by atoms with Crippen LogP contribution in [0.2, 0.25) is 0 Å². The van der Waals surface area contributed by atoms with Crippen LogP contribution in [0.25, 0.3) is 0 Å². The van der Waals surface area contributed by atoms with E-state index in [1.165, 1.54) is 96.3 Å². The molecule has 172 valence electrons. The van der Waals surface area contributed by atoms with Crippen LogP contribution in [-0.2, 0) is 9.53 Å². The van der Waals surface area contributed by atoms with Gasteiger partial charge >= 0.3 is 5.97 Å². The fraction of sp³-hybridized carbons (Fsp3) is 0.885. The van der Waals surface area contributed by atoms with Crippen molar-refractivity contribution in [3.05, 3.63) is 12.2 Å². The minimum atomic E-state index is -0.294. The minimum Gasteiger partial charge on any atom is -0.461 e. The molecule has 0 unspecified atom stereocenters. The summed E-state index contributed by atoms with van der Waals surface area (Å²) < 4.78 is 5.11. The zero-order valence-electron chi connectivity index (χ0n) is 20.0. The molecule has 0 bridgehead atoms. The van der Waals surface area contributed by atoms with Gasteiger partial charge in [0.1, 0.15) is 6.61 Å². The standard InChI is InChI=1S/C26H51NO2/c1-5-6-7-8-9-10-11-12-13-14-15-16-17-18-19-20-21-26(3,4)24(2)25(28)29-23-22-27/h2,5-23,27H2,1,3-4H3. The van der Waals surface area contributed by atoms with E-state index in [0.717, 1.165) is 12.8 Å². The summed E-state index contributed by atoms with van der Waals surface area (Å²) in [5.74, 6) is -0.294. The van der Waals surface area contributed by atoms with Gasteiger partial charge in [-0.15, -0.1) is 0 Å². The van der Waals surface area contributed by atoms with Crippen molar-refractivity contribution in [3.8, 4) is 0 Å². The van der Waals surface area contributed by atoms with Crippen molar-refractivity contribution in [3.63, 3.8) is 0 Å². The number of unbranched alkanes of at least 4 members (excludes halogenated alkanes) is 15. The van der Waals surface area contributed by atoms with Gasteiger partial charge in [-0.1, -0.05) is 130 Å². The molecule has 0 aromatic carbocycles. The fourth-order valence-electron chi connectivity index (χ4n) is 3.78. The van der Waals surface area contributed by atoms with Gasteiger partial charge in [0, 0.05) is 12.1 Å². The van der Waals surface area contributed by atoms with Gasteiger partial charge in [-0.05, 0) is 11.8 Å². The molecule has 0 aromatic rings. The zero-order valence-corrected chi connectivity index (χ0v) is 20.0. The summed E-state index contributed by atoms with van der Waals surface area (Å²) in [4.78, 5) is 11.9. The zero-order chi connectivity index (χ0) is 21.8. The quantitative estimate of drug-likeness (QED) is 0.120. The normalized spacial score (nSPS) is 11.6. The van der Waals surface area contributed by atoms with Crippen molar-refractivity contribution in [2.45, 2.75) is 130 Å². The number of hydrogen-bond acceptors (Lipinski definition) is 3. The number of ether oxygens (including phenoxy) is 1. The number of nitrogens with two attached hydrogens (primary N) is 1. The summed E-state index contributed by atoms with van der Waals surface area (Å²) in [5.41, 5.74) is 5.76. The average molecular weight is 410 g/mol. The second-order valence-corrected chi connectivity index (χ2v) is 9.34. The van der Waals surface area contributed by atoms with Crippen LogP contribution in [0.4, 0.5) is 0 Å². The molecule has 0 atom stereocenters. The summed E-state index contributed by atoms with van der Waals surface area (Å²) in [6.07, 6.45) is 23.0. The van der Waals surface area contributed by atoms with Gasteiger partial charge in [-0.25, -0.2) is 4.79 Å². The van der Waals surface area contributed by atoms with Gasteiger partial charge in [0.25, 0.3) is 0 Å². The number of carbonyl (C=O) groups is 1. The van der Waals surface area contributed by atoms with E-state index in [1.807, 2.05) is 0 Å². The Morgan fingerprint density at radius 2 is 1.14 bits per heavy atom. The maximum absolute atomic E-state index is 11.9. The molecule has 0 aliphatic rings. The summed E-state index contributed by atoms with van der Waals surface area (Å²) in [7, 11) is 0. The largest absolute Gasteiger partial charge is 0.461 e. The fourth-order valence-corrected chi connectivity index (χ4v) is 3.78. The van der Waals surface area contributed by atoms with Crippen LogP contribution in [0, 0.1) is 5.41 Å². The molecule has 0 aliphatic carbocycles. The second-order valence-electron chi connectivity index (χ2n) is 9.34. The predicted octanol–water partition coefficient (Wildman–Crippen LogP) is 7.72. The highest BCUT2D eigenvalue weighted by Crippen LogP contribution is 2.32. The Kier molecular flexibility index (Phi) is 18.6. The Morgan fingerprint density at radius 1 is 0.759 bits per heavy atom. The van der Waals surface area contributed by atoms with Crippen molar-refractivity contribution in [1.29, 1.82) is 0 Å². The molecular weight excluding hydrogens is 358 g/mol. The third kappa shape index (κ3) is 16.6. The highest BCUT2D eigenvalue weighted by molar-refractivity contribution is 5.89. The SMILES string of the molecule is C=C(C(=O)OCCN)C(C)(C)CCCCCCCCCCCCCCCCCC. The molecule has 0 spiro atoms. The van der Waals surface area contributed by atoms with E-state index in [0.29, 0.717) is 12.1 Å². The van der Waals surface area contributed by atoms with E-state index in [1.54, 1.807) is 0 Å². The van der Waals surface area contributed by atoms with Crippen LogP contribution in [-0.4, -0.2) is 19.1 Å². The summed E-state index contributed by atoms with van der Waals surface area (Å²) in [6.45, 7) is 11.0. The first kappa shape index (κ1) is 28.2. The van der Waals surface area contributed by atoms with Gasteiger partial charge in [0.05, 0.1) is 0 Å². The molecule has 0 fully saturated rings. The molecule has 0 heterocycles. The molecule has 0 aliphatic heterocycles. The van der Waals surface area contributed by atoms with E-state index >= 15 is 0 Å². The lowest BCUT2D eigenvalue weighted by Gasteiger charge is -2.26. The van der Waals surface area contributed by atoms with Gasteiger partial charge < -0.3 is 10.5 Å². The molecule has 0 saturated heterocycles. The van der Waals surface area contributed by atoms with Crippen LogP contribution < -0.4 is 5.73 Å². The third-order valence-corrected chi connectivity index (χ3v) is 6.07. The van der Waals surface area contributed by atoms with Crippen LogP contribution in [0.5, 0.6) is 0 Å². The molecular formula is C26H51NO2. The minimum absolute atomic E-state index is 0.193. The van der Waals surface area contributed by atoms with Gasteiger partial charge in [-0.3, -0.25) is 0 Å². The molecule has 3 heteroatoms. The number of hydrogen-bond donors (Lipinski definition) is 1. The first-order valence-corrected chi connectivity index (χ1v) is 12.5. The Morgan fingerprint density at radius 3 is 1.52 bits per heavy atom. The Bertz CT molecular complexity index is 404. The van der Waals surface area contributed by atoms with E-state index in [2.05, 4.69) is 27.4 Å². The molecule has 0 amide bonds. The lowest BCUT2D eigenvalue weighted by Crippen LogP contribution is -2.24. The first-order chi connectivity index (χ1) is 14.0. The lowest BCUT2D eigenvalue weighted by atomic mass is 9.80. The number of carbonyl (C=O) groups excluding carboxylic acids is 1. The van der Waals surface area contributed by atoms with Crippen molar-refractivity contribution in [2.24, 2.45) is 11.1 Å².